The molecule has 0 saturated carbocycles. The van der Waals surface area contributed by atoms with Crippen LogP contribution >= 0.6 is 11.6 Å². The number of sulfonamides is 1. The average Bonchev–Trinajstić information content (AvgIpc) is 2.83. The molecule has 2 aromatic rings. The Morgan fingerprint density at radius 2 is 1.90 bits per heavy atom. The van der Waals surface area contributed by atoms with Crippen LogP contribution in [0, 0.1) is 13.8 Å². The van der Waals surface area contributed by atoms with Gasteiger partial charge in [0.05, 0.1) is 11.6 Å². The molecule has 0 radical (unpaired) electrons. The summed E-state index contributed by atoms with van der Waals surface area (Å²) in [5.74, 6) is 0.957. The van der Waals surface area contributed by atoms with Crippen LogP contribution in [0.15, 0.2) is 39.6 Å². The zero-order valence-electron chi connectivity index (χ0n) is 12.3. The highest BCUT2D eigenvalue weighted by atomic mass is 35.5. The normalized spacial score (nSPS) is 11.6. The lowest BCUT2D eigenvalue weighted by Crippen LogP contribution is -2.31. The van der Waals surface area contributed by atoms with Crippen molar-refractivity contribution in [3.8, 4) is 0 Å². The fraction of sp³-hybridized carbons (Fsp3) is 0.333. The van der Waals surface area contributed by atoms with Crippen LogP contribution < -0.4 is 4.31 Å². The van der Waals surface area contributed by atoms with E-state index >= 15 is 0 Å². The lowest BCUT2D eigenvalue weighted by molar-refractivity contribution is 0.492. The molecule has 0 aliphatic rings. The van der Waals surface area contributed by atoms with Gasteiger partial charge >= 0.3 is 0 Å². The second kappa shape index (κ2) is 6.12. The van der Waals surface area contributed by atoms with Gasteiger partial charge in [0.25, 0.3) is 10.0 Å². The standard InChI is InChI=1S/C15H18ClNO3S/c1-4-17(14-8-6-5-7-11(14)2)21(18,19)15-9-13(10-16)20-12(15)3/h5-9H,4,10H2,1-3H3. The highest BCUT2D eigenvalue weighted by Gasteiger charge is 2.28. The van der Waals surface area contributed by atoms with Gasteiger partial charge in [0.2, 0.25) is 0 Å². The lowest BCUT2D eigenvalue weighted by atomic mass is 10.2. The first-order valence-electron chi connectivity index (χ1n) is 6.65. The Morgan fingerprint density at radius 1 is 1.24 bits per heavy atom. The zero-order chi connectivity index (χ0) is 15.6. The van der Waals surface area contributed by atoms with Crippen LogP contribution in [0.1, 0.15) is 24.0 Å². The maximum absolute atomic E-state index is 12.9. The van der Waals surface area contributed by atoms with Gasteiger partial charge in [-0.05, 0) is 32.4 Å². The number of nitrogens with zero attached hydrogens (tertiary/aromatic N) is 1. The van der Waals surface area contributed by atoms with E-state index in [0.717, 1.165) is 5.56 Å². The topological polar surface area (TPSA) is 50.5 Å². The van der Waals surface area contributed by atoms with Crippen LogP contribution in [0.25, 0.3) is 0 Å². The lowest BCUT2D eigenvalue weighted by Gasteiger charge is -2.24. The largest absolute Gasteiger partial charge is 0.464 e. The number of aryl methyl sites for hydroxylation is 2. The second-order valence-corrected chi connectivity index (χ2v) is 6.82. The third kappa shape index (κ3) is 2.94. The maximum atomic E-state index is 12.9. The first-order valence-corrected chi connectivity index (χ1v) is 8.63. The third-order valence-electron chi connectivity index (χ3n) is 3.29. The summed E-state index contributed by atoms with van der Waals surface area (Å²) < 4.78 is 32.5. The number of hydrogen-bond donors (Lipinski definition) is 0. The molecule has 114 valence electrons. The van der Waals surface area contributed by atoms with Crippen LogP contribution in [-0.2, 0) is 15.9 Å². The quantitative estimate of drug-likeness (QED) is 0.784. The van der Waals surface area contributed by atoms with Crippen molar-refractivity contribution >= 4 is 27.3 Å². The van der Waals surface area contributed by atoms with Crippen molar-refractivity contribution < 1.29 is 12.8 Å². The van der Waals surface area contributed by atoms with Gasteiger partial charge in [-0.25, -0.2) is 8.42 Å². The minimum Gasteiger partial charge on any atom is -0.464 e. The molecule has 0 saturated heterocycles. The Kier molecular flexibility index (Phi) is 4.64. The molecule has 0 N–H and O–H groups in total. The van der Waals surface area contributed by atoms with Gasteiger partial charge in [0.15, 0.2) is 0 Å². The van der Waals surface area contributed by atoms with E-state index in [1.807, 2.05) is 32.0 Å². The maximum Gasteiger partial charge on any atom is 0.267 e. The molecule has 1 heterocycles. The first-order chi connectivity index (χ1) is 9.91. The van der Waals surface area contributed by atoms with Crippen molar-refractivity contribution in [1.82, 2.24) is 0 Å². The molecular formula is C15H18ClNO3S. The van der Waals surface area contributed by atoms with Crippen molar-refractivity contribution in [2.45, 2.75) is 31.5 Å². The summed E-state index contributed by atoms with van der Waals surface area (Å²) in [5.41, 5.74) is 1.58. The Morgan fingerprint density at radius 3 is 2.43 bits per heavy atom. The van der Waals surface area contributed by atoms with E-state index in [4.69, 9.17) is 16.0 Å². The molecule has 0 spiro atoms. The zero-order valence-corrected chi connectivity index (χ0v) is 13.8. The SMILES string of the molecule is CCN(c1ccccc1C)S(=O)(=O)c1cc(CCl)oc1C. The molecule has 0 atom stereocenters. The van der Waals surface area contributed by atoms with E-state index in [9.17, 15) is 8.42 Å². The number of halogens is 1. The number of alkyl halides is 1. The van der Waals surface area contributed by atoms with Crippen LogP contribution in [0.2, 0.25) is 0 Å². The number of furan rings is 1. The van der Waals surface area contributed by atoms with Gasteiger partial charge in [0.1, 0.15) is 16.4 Å². The van der Waals surface area contributed by atoms with Gasteiger partial charge in [0, 0.05) is 12.6 Å². The van der Waals surface area contributed by atoms with Gasteiger partial charge in [-0.1, -0.05) is 18.2 Å². The molecule has 6 heteroatoms. The smallest absolute Gasteiger partial charge is 0.267 e. The molecule has 0 fully saturated rings. The average molecular weight is 328 g/mol. The minimum absolute atomic E-state index is 0.146. The second-order valence-electron chi connectivity index (χ2n) is 4.72. The predicted octanol–water partition coefficient (Wildman–Crippen LogP) is 3.85. The van der Waals surface area contributed by atoms with E-state index in [2.05, 4.69) is 0 Å². The molecule has 0 unspecified atom stereocenters. The van der Waals surface area contributed by atoms with Crippen molar-refractivity contribution in [3.63, 3.8) is 0 Å². The molecule has 4 nitrogen and oxygen atoms in total. The van der Waals surface area contributed by atoms with E-state index in [1.165, 1.54) is 10.4 Å². The van der Waals surface area contributed by atoms with Crippen LogP contribution in [0.3, 0.4) is 0 Å². The van der Waals surface area contributed by atoms with E-state index in [1.54, 1.807) is 13.0 Å². The van der Waals surface area contributed by atoms with E-state index in [-0.39, 0.29) is 10.8 Å². The highest BCUT2D eigenvalue weighted by molar-refractivity contribution is 7.92. The Hall–Kier alpha value is -1.46. The number of anilines is 1. The Balaban J connectivity index is 2.55. The van der Waals surface area contributed by atoms with Crippen molar-refractivity contribution in [1.29, 1.82) is 0 Å². The van der Waals surface area contributed by atoms with E-state index in [0.29, 0.717) is 23.8 Å². The van der Waals surface area contributed by atoms with Crippen LogP contribution in [0.4, 0.5) is 5.69 Å². The molecule has 2 rings (SSSR count). The summed E-state index contributed by atoms with van der Waals surface area (Å²) in [7, 11) is -3.67. The van der Waals surface area contributed by atoms with Gasteiger partial charge in [-0.3, -0.25) is 4.31 Å². The van der Waals surface area contributed by atoms with Gasteiger partial charge in [-0.15, -0.1) is 11.6 Å². The van der Waals surface area contributed by atoms with Crippen molar-refractivity contribution in [2.75, 3.05) is 10.8 Å². The number of rotatable bonds is 5. The Labute approximate surface area is 130 Å². The number of para-hydroxylation sites is 1. The third-order valence-corrected chi connectivity index (χ3v) is 5.55. The summed E-state index contributed by atoms with van der Waals surface area (Å²) in [4.78, 5) is 0.170. The molecule has 0 bridgehead atoms. The summed E-state index contributed by atoms with van der Waals surface area (Å²) in [6.07, 6.45) is 0. The minimum atomic E-state index is -3.67. The summed E-state index contributed by atoms with van der Waals surface area (Å²) in [6.45, 7) is 5.67. The number of benzene rings is 1. The molecule has 0 amide bonds. The molecule has 1 aromatic heterocycles. The molecule has 1 aromatic carbocycles. The monoisotopic (exact) mass is 327 g/mol. The van der Waals surface area contributed by atoms with Crippen LogP contribution in [-0.4, -0.2) is 15.0 Å². The van der Waals surface area contributed by atoms with Crippen LogP contribution in [0.5, 0.6) is 0 Å². The van der Waals surface area contributed by atoms with Gasteiger partial charge < -0.3 is 4.42 Å². The molecule has 21 heavy (non-hydrogen) atoms. The summed E-state index contributed by atoms with van der Waals surface area (Å²) >= 11 is 5.72. The van der Waals surface area contributed by atoms with Crippen molar-refractivity contribution in [3.05, 3.63) is 47.4 Å². The molecular weight excluding hydrogens is 310 g/mol. The highest BCUT2D eigenvalue weighted by Crippen LogP contribution is 2.29. The van der Waals surface area contributed by atoms with Gasteiger partial charge in [-0.2, -0.15) is 0 Å². The summed E-state index contributed by atoms with van der Waals surface area (Å²) in [6, 6.07) is 8.90. The molecule has 0 aliphatic heterocycles. The predicted molar refractivity (Wildman–Crippen MR) is 84.4 cm³/mol. The fourth-order valence-electron chi connectivity index (χ4n) is 2.28. The van der Waals surface area contributed by atoms with Crippen molar-refractivity contribution in [2.24, 2.45) is 0 Å². The fourth-order valence-corrected chi connectivity index (χ4v) is 4.14. The Bertz CT molecular complexity index is 737. The molecule has 0 aliphatic carbocycles. The number of hydrogen-bond acceptors (Lipinski definition) is 3. The van der Waals surface area contributed by atoms with E-state index < -0.39 is 10.0 Å². The summed E-state index contributed by atoms with van der Waals surface area (Å²) in [5, 5.41) is 0. The first kappa shape index (κ1) is 15.9.